The number of aromatic nitrogens is 3. The first-order valence-corrected chi connectivity index (χ1v) is 10.7. The minimum absolute atomic E-state index is 0.0492. The number of hydrogen-bond acceptors (Lipinski definition) is 5. The van der Waals surface area contributed by atoms with Gasteiger partial charge in [0.15, 0.2) is 17.3 Å². The second kappa shape index (κ2) is 8.15. The number of likely N-dealkylation sites (tertiary alicyclic amines) is 1. The first-order chi connectivity index (χ1) is 15.5. The second-order valence-corrected chi connectivity index (χ2v) is 8.37. The standard InChI is InChI=1S/C25H23FN4O2/c1-15-4-8-19(23-27-10-3-11-28-23)20(12-15)25(31)30-14-17(6-5-16(30)2)24-29-21-13-18(26)7-9-22(21)32-24/h3-4,7-13,16-17H,5-6,14H2,1-2H3/t16-,17?/m1/s1. The molecule has 0 spiro atoms. The van der Waals surface area contributed by atoms with Gasteiger partial charge in [-0.1, -0.05) is 17.7 Å². The summed E-state index contributed by atoms with van der Waals surface area (Å²) in [5, 5.41) is 0. The van der Waals surface area contributed by atoms with Crippen LogP contribution in [-0.2, 0) is 0 Å². The van der Waals surface area contributed by atoms with Gasteiger partial charge in [0.05, 0.1) is 11.5 Å². The van der Waals surface area contributed by atoms with E-state index in [0.717, 1.165) is 18.4 Å². The highest BCUT2D eigenvalue weighted by Crippen LogP contribution is 2.33. The van der Waals surface area contributed by atoms with Crippen LogP contribution in [0.25, 0.3) is 22.5 Å². The fourth-order valence-corrected chi connectivity index (χ4v) is 4.31. The first kappa shape index (κ1) is 20.3. The molecule has 6 nitrogen and oxygen atoms in total. The van der Waals surface area contributed by atoms with Crippen LogP contribution in [0, 0.1) is 12.7 Å². The van der Waals surface area contributed by atoms with E-state index in [0.29, 0.717) is 40.5 Å². The average Bonchev–Trinajstić information content (AvgIpc) is 3.22. The third-order valence-electron chi connectivity index (χ3n) is 6.07. The molecule has 4 aromatic rings. The number of rotatable bonds is 3. The summed E-state index contributed by atoms with van der Waals surface area (Å²) in [6.45, 7) is 4.51. The van der Waals surface area contributed by atoms with E-state index >= 15 is 0 Å². The van der Waals surface area contributed by atoms with Crippen LogP contribution in [0.15, 0.2) is 59.3 Å². The van der Waals surface area contributed by atoms with E-state index in [-0.39, 0.29) is 23.7 Å². The van der Waals surface area contributed by atoms with Crippen molar-refractivity contribution in [2.24, 2.45) is 0 Å². The molecule has 3 heterocycles. The van der Waals surface area contributed by atoms with E-state index in [4.69, 9.17) is 4.42 Å². The quantitative estimate of drug-likeness (QED) is 0.450. The molecule has 2 aromatic carbocycles. The van der Waals surface area contributed by atoms with E-state index < -0.39 is 0 Å². The molecule has 0 bridgehead atoms. The van der Waals surface area contributed by atoms with Crippen molar-refractivity contribution in [3.05, 3.63) is 77.7 Å². The number of hydrogen-bond donors (Lipinski definition) is 0. The number of piperidine rings is 1. The first-order valence-electron chi connectivity index (χ1n) is 10.7. The van der Waals surface area contributed by atoms with Gasteiger partial charge in [0.1, 0.15) is 11.3 Å². The summed E-state index contributed by atoms with van der Waals surface area (Å²) in [7, 11) is 0. The van der Waals surface area contributed by atoms with E-state index in [9.17, 15) is 9.18 Å². The molecule has 1 aliphatic rings. The molecule has 0 radical (unpaired) electrons. The summed E-state index contributed by atoms with van der Waals surface area (Å²) in [6.07, 6.45) is 5.02. The minimum Gasteiger partial charge on any atom is -0.440 e. The number of amides is 1. The summed E-state index contributed by atoms with van der Waals surface area (Å²) < 4.78 is 19.5. The summed E-state index contributed by atoms with van der Waals surface area (Å²) in [5.74, 6) is 0.619. The zero-order chi connectivity index (χ0) is 22.2. The van der Waals surface area contributed by atoms with Crippen molar-refractivity contribution in [2.75, 3.05) is 6.54 Å². The molecule has 0 N–H and O–H groups in total. The van der Waals surface area contributed by atoms with Gasteiger partial charge in [0.2, 0.25) is 0 Å². The third-order valence-corrected chi connectivity index (χ3v) is 6.07. The van der Waals surface area contributed by atoms with Crippen LogP contribution >= 0.6 is 0 Å². The van der Waals surface area contributed by atoms with Crippen molar-refractivity contribution in [3.63, 3.8) is 0 Å². The molecule has 32 heavy (non-hydrogen) atoms. The molecule has 0 saturated carbocycles. The second-order valence-electron chi connectivity index (χ2n) is 8.37. The maximum absolute atomic E-state index is 13.7. The van der Waals surface area contributed by atoms with Gasteiger partial charge < -0.3 is 9.32 Å². The highest BCUT2D eigenvalue weighted by molar-refractivity contribution is 6.00. The fraction of sp³-hybridized carbons (Fsp3) is 0.280. The summed E-state index contributed by atoms with van der Waals surface area (Å²) in [5.41, 5.74) is 3.35. The maximum Gasteiger partial charge on any atom is 0.254 e. The van der Waals surface area contributed by atoms with Crippen LogP contribution < -0.4 is 0 Å². The lowest BCUT2D eigenvalue weighted by atomic mass is 9.92. The molecule has 1 aliphatic heterocycles. The topological polar surface area (TPSA) is 72.1 Å². The summed E-state index contributed by atoms with van der Waals surface area (Å²) >= 11 is 0. The Morgan fingerprint density at radius 2 is 1.94 bits per heavy atom. The molecule has 7 heteroatoms. The van der Waals surface area contributed by atoms with E-state index in [1.165, 1.54) is 12.1 Å². The Labute approximate surface area is 185 Å². The molecule has 1 saturated heterocycles. The van der Waals surface area contributed by atoms with E-state index in [1.807, 2.05) is 30.0 Å². The largest absolute Gasteiger partial charge is 0.440 e. The molecule has 2 aromatic heterocycles. The molecule has 0 aliphatic carbocycles. The lowest BCUT2D eigenvalue weighted by molar-refractivity contribution is 0.0598. The Morgan fingerprint density at radius 3 is 2.75 bits per heavy atom. The van der Waals surface area contributed by atoms with Crippen LogP contribution in [0.2, 0.25) is 0 Å². The van der Waals surface area contributed by atoms with Gasteiger partial charge in [0.25, 0.3) is 5.91 Å². The number of fused-ring (bicyclic) bond motifs is 1. The highest BCUT2D eigenvalue weighted by atomic mass is 19.1. The molecule has 1 amide bonds. The van der Waals surface area contributed by atoms with Crippen LogP contribution in [0.5, 0.6) is 0 Å². The lowest BCUT2D eigenvalue weighted by Gasteiger charge is -2.37. The van der Waals surface area contributed by atoms with E-state index in [1.54, 1.807) is 24.5 Å². The van der Waals surface area contributed by atoms with Crippen molar-refractivity contribution in [2.45, 2.75) is 38.6 Å². The lowest BCUT2D eigenvalue weighted by Crippen LogP contribution is -2.45. The predicted molar refractivity (Wildman–Crippen MR) is 119 cm³/mol. The molecule has 162 valence electrons. The van der Waals surface area contributed by atoms with Gasteiger partial charge in [-0.3, -0.25) is 4.79 Å². The van der Waals surface area contributed by atoms with Gasteiger partial charge in [-0.25, -0.2) is 19.3 Å². The SMILES string of the molecule is Cc1ccc(-c2ncccn2)c(C(=O)N2CC(c3nc4cc(F)ccc4o3)CC[C@H]2C)c1. The number of carbonyl (C=O) groups excluding carboxylic acids is 1. The molecule has 1 unspecified atom stereocenters. The van der Waals surface area contributed by atoms with Crippen molar-refractivity contribution < 1.29 is 13.6 Å². The number of aryl methyl sites for hydroxylation is 1. The van der Waals surface area contributed by atoms with Crippen molar-refractivity contribution in [1.29, 1.82) is 0 Å². The summed E-state index contributed by atoms with van der Waals surface area (Å²) in [4.78, 5) is 28.8. The van der Waals surface area contributed by atoms with Crippen molar-refractivity contribution >= 4 is 17.0 Å². The Hall–Kier alpha value is -3.61. The van der Waals surface area contributed by atoms with Crippen LogP contribution in [0.1, 0.15) is 47.5 Å². The highest BCUT2D eigenvalue weighted by Gasteiger charge is 2.34. The minimum atomic E-state index is -0.346. The number of carbonyl (C=O) groups is 1. The molecule has 2 atom stereocenters. The third kappa shape index (κ3) is 3.75. The average molecular weight is 430 g/mol. The zero-order valence-corrected chi connectivity index (χ0v) is 18.0. The number of halogens is 1. The van der Waals surface area contributed by atoms with Crippen LogP contribution in [0.4, 0.5) is 4.39 Å². The summed E-state index contributed by atoms with van der Waals surface area (Å²) in [6, 6.07) is 11.9. The Bertz CT molecular complexity index is 1290. The van der Waals surface area contributed by atoms with Crippen molar-refractivity contribution in [3.8, 4) is 11.4 Å². The van der Waals surface area contributed by atoms with Gasteiger partial charge in [-0.2, -0.15) is 0 Å². The molecule has 1 fully saturated rings. The Balaban J connectivity index is 1.47. The number of nitrogens with zero attached hydrogens (tertiary/aromatic N) is 4. The monoisotopic (exact) mass is 430 g/mol. The van der Waals surface area contributed by atoms with Crippen LogP contribution in [0.3, 0.4) is 0 Å². The fourth-order valence-electron chi connectivity index (χ4n) is 4.31. The molecular formula is C25H23FN4O2. The van der Waals surface area contributed by atoms with Gasteiger partial charge in [0, 0.05) is 36.6 Å². The smallest absolute Gasteiger partial charge is 0.254 e. The maximum atomic E-state index is 13.7. The Morgan fingerprint density at radius 1 is 1.12 bits per heavy atom. The number of benzene rings is 2. The van der Waals surface area contributed by atoms with E-state index in [2.05, 4.69) is 21.9 Å². The van der Waals surface area contributed by atoms with Crippen molar-refractivity contribution in [1.82, 2.24) is 19.9 Å². The zero-order valence-electron chi connectivity index (χ0n) is 18.0. The predicted octanol–water partition coefficient (Wildman–Crippen LogP) is 5.14. The van der Waals surface area contributed by atoms with Gasteiger partial charge in [-0.05, 0) is 51.0 Å². The molecule has 5 rings (SSSR count). The number of oxazole rings is 1. The molecular weight excluding hydrogens is 407 g/mol. The van der Waals surface area contributed by atoms with Gasteiger partial charge in [-0.15, -0.1) is 0 Å². The van der Waals surface area contributed by atoms with Gasteiger partial charge >= 0.3 is 0 Å². The van der Waals surface area contributed by atoms with Crippen LogP contribution in [-0.4, -0.2) is 38.3 Å². The normalized spacial score (nSPS) is 18.8. The Kier molecular flexibility index (Phi) is 5.17.